The van der Waals surface area contributed by atoms with Crippen molar-refractivity contribution in [3.05, 3.63) is 43.5 Å². The predicted octanol–water partition coefficient (Wildman–Crippen LogP) is 2.81. The number of nitrogens with zero attached hydrogens (tertiary/aromatic N) is 4. The van der Waals surface area contributed by atoms with Crippen LogP contribution in [-0.4, -0.2) is 26.2 Å². The Balaban J connectivity index is 1.95. The molecule has 3 rings (SSSR count). The molecule has 0 spiro atoms. The van der Waals surface area contributed by atoms with Crippen molar-refractivity contribution in [2.24, 2.45) is 14.1 Å². The number of benzene rings is 1. The zero-order chi connectivity index (χ0) is 17.4. The summed E-state index contributed by atoms with van der Waals surface area (Å²) in [6.45, 7) is 0.538. The number of rotatable bonds is 4. The molecule has 0 fully saturated rings. The van der Waals surface area contributed by atoms with Crippen LogP contribution < -0.4 is 15.7 Å². The van der Waals surface area contributed by atoms with Gasteiger partial charge in [0, 0.05) is 20.6 Å². The third-order valence-corrected chi connectivity index (χ3v) is 4.93. The van der Waals surface area contributed by atoms with Crippen LogP contribution in [0.2, 0.25) is 0 Å². The minimum absolute atomic E-state index is 0.136. The van der Waals surface area contributed by atoms with Gasteiger partial charge in [0.05, 0.1) is 16.1 Å². The first-order chi connectivity index (χ1) is 11.4. The fourth-order valence-corrected chi connectivity index (χ4v) is 4.16. The second kappa shape index (κ2) is 6.56. The van der Waals surface area contributed by atoms with Crippen LogP contribution in [0.1, 0.15) is 5.56 Å². The summed E-state index contributed by atoms with van der Waals surface area (Å²) < 4.78 is 10.1. The molecular weight excluding hydrogens is 442 g/mol. The molecule has 0 aliphatic rings. The average Bonchev–Trinajstić information content (AvgIpc) is 2.78. The van der Waals surface area contributed by atoms with Gasteiger partial charge in [0.2, 0.25) is 0 Å². The van der Waals surface area contributed by atoms with E-state index >= 15 is 0 Å². The van der Waals surface area contributed by atoms with Crippen molar-refractivity contribution in [3.63, 3.8) is 0 Å². The zero-order valence-corrected chi connectivity index (χ0v) is 16.5. The third kappa shape index (κ3) is 2.82. The summed E-state index contributed by atoms with van der Waals surface area (Å²) in [5, 5.41) is 3.27. The second-order valence-corrected chi connectivity index (χ2v) is 6.95. The highest BCUT2D eigenvalue weighted by Gasteiger charge is 2.14. The van der Waals surface area contributed by atoms with Gasteiger partial charge in [-0.15, -0.1) is 0 Å². The number of nitrogens with one attached hydrogen (secondary N) is 1. The van der Waals surface area contributed by atoms with Crippen LogP contribution in [0.25, 0.3) is 11.2 Å². The lowest BCUT2D eigenvalue weighted by Gasteiger charge is -2.11. The van der Waals surface area contributed by atoms with Crippen molar-refractivity contribution >= 4 is 48.8 Å². The highest BCUT2D eigenvalue weighted by atomic mass is 79.9. The van der Waals surface area contributed by atoms with E-state index in [0.29, 0.717) is 23.5 Å². The summed E-state index contributed by atoms with van der Waals surface area (Å²) in [6.07, 6.45) is 1.45. The Kier molecular flexibility index (Phi) is 4.64. The Hall–Kier alpha value is -1.87. The molecule has 0 aliphatic heterocycles. The van der Waals surface area contributed by atoms with Gasteiger partial charge in [-0.25, -0.2) is 14.8 Å². The lowest BCUT2D eigenvalue weighted by Crippen LogP contribution is -2.19. The predicted molar refractivity (Wildman–Crippen MR) is 99.5 cm³/mol. The molecule has 9 heteroatoms. The number of aryl methyl sites for hydroxylation is 2. The maximum Gasteiger partial charge on any atom is 0.329 e. The molecule has 3 aromatic rings. The molecule has 126 valence electrons. The van der Waals surface area contributed by atoms with Crippen LogP contribution in [0.15, 0.2) is 32.2 Å². The van der Waals surface area contributed by atoms with E-state index < -0.39 is 0 Å². The molecule has 0 atom stereocenters. The number of hydrogen-bond donors (Lipinski definition) is 1. The number of anilines is 1. The lowest BCUT2D eigenvalue weighted by molar-refractivity contribution is 0.409. The fraction of sp³-hybridized carbons (Fsp3) is 0.267. The number of aromatic nitrogens is 4. The summed E-state index contributed by atoms with van der Waals surface area (Å²) in [6, 6.07) is 3.94. The van der Waals surface area contributed by atoms with Crippen molar-refractivity contribution in [1.82, 2.24) is 19.1 Å². The van der Waals surface area contributed by atoms with E-state index in [1.54, 1.807) is 21.2 Å². The van der Waals surface area contributed by atoms with Crippen LogP contribution in [0.5, 0.6) is 5.75 Å². The first-order valence-corrected chi connectivity index (χ1v) is 8.64. The molecule has 7 nitrogen and oxygen atoms in total. The molecular formula is C15H15Br2N5O2. The number of ether oxygens (including phenoxy) is 1. The molecule has 0 aliphatic carbocycles. The Morgan fingerprint density at radius 3 is 2.46 bits per heavy atom. The van der Waals surface area contributed by atoms with Crippen molar-refractivity contribution in [3.8, 4) is 5.75 Å². The molecule has 2 aromatic heterocycles. The molecule has 24 heavy (non-hydrogen) atoms. The van der Waals surface area contributed by atoms with Crippen molar-refractivity contribution in [2.75, 3.05) is 12.4 Å². The second-order valence-electron chi connectivity index (χ2n) is 5.24. The van der Waals surface area contributed by atoms with E-state index in [4.69, 9.17) is 4.74 Å². The largest absolute Gasteiger partial charge is 0.494 e. The quantitative estimate of drug-likeness (QED) is 0.653. The molecule has 0 saturated carbocycles. The van der Waals surface area contributed by atoms with Gasteiger partial charge in [0.15, 0.2) is 11.5 Å². The molecule has 1 aromatic carbocycles. The molecule has 2 heterocycles. The van der Waals surface area contributed by atoms with Gasteiger partial charge in [-0.3, -0.25) is 9.13 Å². The number of imidazole rings is 1. The average molecular weight is 457 g/mol. The standard InChI is InChI=1S/C15H15Br2N5O2/c1-21-11-13(19-7-20-14(11)22(2)15(21)23)18-6-8-4-9(16)12(24-3)10(17)5-8/h4-5,7H,6H2,1-3H3,(H,18,19,20). The van der Waals surface area contributed by atoms with Gasteiger partial charge in [0.1, 0.15) is 17.6 Å². The van der Waals surface area contributed by atoms with Crippen molar-refractivity contribution in [1.29, 1.82) is 0 Å². The molecule has 0 bridgehead atoms. The number of fused-ring (bicyclic) bond motifs is 1. The van der Waals surface area contributed by atoms with Crippen LogP contribution in [0.4, 0.5) is 5.82 Å². The zero-order valence-electron chi connectivity index (χ0n) is 13.3. The summed E-state index contributed by atoms with van der Waals surface area (Å²) in [5.74, 6) is 1.36. The van der Waals surface area contributed by atoms with Gasteiger partial charge in [0.25, 0.3) is 0 Å². The van der Waals surface area contributed by atoms with E-state index in [0.717, 1.165) is 20.3 Å². The Labute approximate surface area is 154 Å². The smallest absolute Gasteiger partial charge is 0.329 e. The number of halogens is 2. The van der Waals surface area contributed by atoms with Gasteiger partial charge < -0.3 is 10.1 Å². The Bertz CT molecular complexity index is 957. The Morgan fingerprint density at radius 2 is 1.83 bits per heavy atom. The van der Waals surface area contributed by atoms with Gasteiger partial charge >= 0.3 is 5.69 Å². The highest BCUT2D eigenvalue weighted by Crippen LogP contribution is 2.34. The molecule has 0 radical (unpaired) electrons. The van der Waals surface area contributed by atoms with Gasteiger partial charge in [-0.1, -0.05) is 0 Å². The third-order valence-electron chi connectivity index (χ3n) is 3.75. The Morgan fingerprint density at radius 1 is 1.17 bits per heavy atom. The van der Waals surface area contributed by atoms with Crippen LogP contribution >= 0.6 is 31.9 Å². The molecule has 0 saturated heterocycles. The van der Waals surface area contributed by atoms with E-state index in [1.165, 1.54) is 15.5 Å². The number of methoxy groups -OCH3 is 1. The fourth-order valence-electron chi connectivity index (χ4n) is 2.56. The molecule has 0 unspecified atom stereocenters. The topological polar surface area (TPSA) is 74.0 Å². The maximum atomic E-state index is 12.1. The first kappa shape index (κ1) is 17.0. The SMILES string of the molecule is COc1c(Br)cc(CNc2ncnc3c2n(C)c(=O)n3C)cc1Br. The summed E-state index contributed by atoms with van der Waals surface area (Å²) in [5.41, 5.74) is 2.17. The minimum atomic E-state index is -0.136. The lowest BCUT2D eigenvalue weighted by atomic mass is 10.2. The van der Waals surface area contributed by atoms with Gasteiger partial charge in [-0.2, -0.15) is 0 Å². The van der Waals surface area contributed by atoms with Gasteiger partial charge in [-0.05, 0) is 49.6 Å². The highest BCUT2D eigenvalue weighted by molar-refractivity contribution is 9.11. The summed E-state index contributed by atoms with van der Waals surface area (Å²) in [7, 11) is 5.02. The number of hydrogen-bond acceptors (Lipinski definition) is 5. The molecule has 0 amide bonds. The van der Waals surface area contributed by atoms with Crippen molar-refractivity contribution < 1.29 is 4.74 Å². The van der Waals surface area contributed by atoms with E-state index in [2.05, 4.69) is 47.1 Å². The van der Waals surface area contributed by atoms with Crippen molar-refractivity contribution in [2.45, 2.75) is 6.54 Å². The van der Waals surface area contributed by atoms with Crippen LogP contribution in [0, 0.1) is 0 Å². The van der Waals surface area contributed by atoms with E-state index in [-0.39, 0.29) is 5.69 Å². The monoisotopic (exact) mass is 455 g/mol. The minimum Gasteiger partial charge on any atom is -0.494 e. The van der Waals surface area contributed by atoms with E-state index in [9.17, 15) is 4.79 Å². The van der Waals surface area contributed by atoms with E-state index in [1.807, 2.05) is 12.1 Å². The summed E-state index contributed by atoms with van der Waals surface area (Å²) >= 11 is 6.98. The maximum absolute atomic E-state index is 12.1. The normalized spacial score (nSPS) is 11.0. The summed E-state index contributed by atoms with van der Waals surface area (Å²) in [4.78, 5) is 20.5. The van der Waals surface area contributed by atoms with Crippen LogP contribution in [-0.2, 0) is 20.6 Å². The first-order valence-electron chi connectivity index (χ1n) is 7.06. The molecule has 1 N–H and O–H groups in total. The van der Waals surface area contributed by atoms with Crippen LogP contribution in [0.3, 0.4) is 0 Å².